The number of aromatic nitrogens is 1. The number of hydrogen-bond acceptors (Lipinski definition) is 1. The monoisotopic (exact) mass is 335 g/mol. The van der Waals surface area contributed by atoms with Crippen LogP contribution >= 0.6 is 0 Å². The second-order valence-electron chi connectivity index (χ2n) is 8.29. The largest absolute Gasteiger partial charge is 0.253 e. The van der Waals surface area contributed by atoms with Crippen LogP contribution in [0.4, 0.5) is 0 Å². The lowest BCUT2D eigenvalue weighted by molar-refractivity contribution is 0.444. The minimum Gasteiger partial charge on any atom is -0.253 e. The molecular formula is C24H33N. The minimum absolute atomic E-state index is 0.793. The van der Waals surface area contributed by atoms with Gasteiger partial charge in [-0.05, 0) is 86.1 Å². The van der Waals surface area contributed by atoms with Crippen LogP contribution in [0.2, 0.25) is 0 Å². The summed E-state index contributed by atoms with van der Waals surface area (Å²) in [5.41, 5.74) is 7.53. The zero-order valence-electron chi connectivity index (χ0n) is 15.9. The van der Waals surface area contributed by atoms with E-state index in [0.717, 1.165) is 5.92 Å². The summed E-state index contributed by atoms with van der Waals surface area (Å²) >= 11 is 0. The molecule has 0 bridgehead atoms. The summed E-state index contributed by atoms with van der Waals surface area (Å²) in [6, 6.07) is 7.24. The van der Waals surface area contributed by atoms with Gasteiger partial charge in [0.1, 0.15) is 0 Å². The van der Waals surface area contributed by atoms with Gasteiger partial charge >= 0.3 is 0 Å². The van der Waals surface area contributed by atoms with Gasteiger partial charge in [0.25, 0.3) is 0 Å². The van der Waals surface area contributed by atoms with E-state index in [0.29, 0.717) is 0 Å². The molecule has 1 saturated carbocycles. The summed E-state index contributed by atoms with van der Waals surface area (Å²) in [5.74, 6) is 0.793. The van der Waals surface area contributed by atoms with Gasteiger partial charge < -0.3 is 0 Å². The molecule has 0 aliphatic heterocycles. The molecule has 0 amide bonds. The van der Waals surface area contributed by atoms with E-state index < -0.39 is 0 Å². The number of rotatable bonds is 5. The van der Waals surface area contributed by atoms with Crippen molar-refractivity contribution >= 4 is 10.9 Å². The number of pyridine rings is 1. The molecule has 1 aromatic carbocycles. The predicted octanol–water partition coefficient (Wildman–Crippen LogP) is 6.89. The minimum atomic E-state index is 0.793. The Morgan fingerprint density at radius 1 is 0.920 bits per heavy atom. The van der Waals surface area contributed by atoms with Crippen LogP contribution in [-0.4, -0.2) is 4.98 Å². The van der Waals surface area contributed by atoms with Gasteiger partial charge in [-0.25, -0.2) is 0 Å². The molecule has 1 fully saturated rings. The first-order chi connectivity index (χ1) is 12.4. The Morgan fingerprint density at radius 3 is 2.52 bits per heavy atom. The van der Waals surface area contributed by atoms with Crippen LogP contribution in [0, 0.1) is 0 Å². The third kappa shape index (κ3) is 3.61. The van der Waals surface area contributed by atoms with Gasteiger partial charge in [0.2, 0.25) is 0 Å². The maximum absolute atomic E-state index is 5.15. The number of unbranched alkanes of at least 4 members (excludes halogenated alkanes) is 2. The van der Waals surface area contributed by atoms with E-state index in [9.17, 15) is 0 Å². The molecule has 2 aliphatic rings. The molecule has 0 saturated heterocycles. The van der Waals surface area contributed by atoms with Crippen LogP contribution in [0.3, 0.4) is 0 Å². The van der Waals surface area contributed by atoms with Gasteiger partial charge in [0, 0.05) is 11.1 Å². The van der Waals surface area contributed by atoms with E-state index in [1.165, 1.54) is 100 Å². The van der Waals surface area contributed by atoms with Crippen molar-refractivity contribution < 1.29 is 0 Å². The molecule has 1 nitrogen and oxygen atoms in total. The van der Waals surface area contributed by atoms with Crippen molar-refractivity contribution in [2.75, 3.05) is 0 Å². The molecule has 1 heteroatoms. The van der Waals surface area contributed by atoms with Crippen LogP contribution < -0.4 is 0 Å². The van der Waals surface area contributed by atoms with Crippen molar-refractivity contribution in [2.24, 2.45) is 0 Å². The average molecular weight is 336 g/mol. The number of aryl methyl sites for hydroxylation is 2. The van der Waals surface area contributed by atoms with E-state index >= 15 is 0 Å². The highest BCUT2D eigenvalue weighted by Crippen LogP contribution is 2.36. The third-order valence-corrected chi connectivity index (χ3v) is 6.51. The van der Waals surface area contributed by atoms with E-state index in [2.05, 4.69) is 25.1 Å². The van der Waals surface area contributed by atoms with Crippen LogP contribution in [0.15, 0.2) is 18.2 Å². The number of nitrogens with zero attached hydrogens (tertiary/aromatic N) is 1. The molecule has 0 spiro atoms. The van der Waals surface area contributed by atoms with Crippen molar-refractivity contribution in [3.8, 4) is 0 Å². The van der Waals surface area contributed by atoms with Gasteiger partial charge in [-0.15, -0.1) is 0 Å². The number of fused-ring (bicyclic) bond motifs is 3. The highest BCUT2D eigenvalue weighted by molar-refractivity contribution is 5.85. The fourth-order valence-corrected chi connectivity index (χ4v) is 5.07. The van der Waals surface area contributed by atoms with Crippen molar-refractivity contribution in [3.63, 3.8) is 0 Å². The molecule has 0 unspecified atom stereocenters. The summed E-state index contributed by atoms with van der Waals surface area (Å²) in [4.78, 5) is 5.15. The smallest absolute Gasteiger partial charge is 0.0708 e. The molecule has 0 atom stereocenters. The van der Waals surface area contributed by atoms with Crippen LogP contribution in [0.5, 0.6) is 0 Å². The van der Waals surface area contributed by atoms with Crippen LogP contribution in [0.25, 0.3) is 10.9 Å². The second-order valence-corrected chi connectivity index (χ2v) is 8.29. The van der Waals surface area contributed by atoms with Gasteiger partial charge in [-0.1, -0.05) is 45.1 Å². The summed E-state index contributed by atoms with van der Waals surface area (Å²) < 4.78 is 0. The van der Waals surface area contributed by atoms with E-state index in [1.807, 2.05) is 0 Å². The molecule has 25 heavy (non-hydrogen) atoms. The summed E-state index contributed by atoms with van der Waals surface area (Å²) in [6.45, 7) is 2.29. The third-order valence-electron chi connectivity index (χ3n) is 6.51. The molecule has 134 valence electrons. The summed E-state index contributed by atoms with van der Waals surface area (Å²) in [6.07, 6.45) is 17.3. The second kappa shape index (κ2) is 7.89. The van der Waals surface area contributed by atoms with E-state index in [1.54, 1.807) is 16.7 Å². The molecule has 0 N–H and O–H groups in total. The Bertz CT molecular complexity index is 724. The van der Waals surface area contributed by atoms with Crippen LogP contribution in [0.1, 0.15) is 99.4 Å². The Morgan fingerprint density at radius 2 is 1.72 bits per heavy atom. The zero-order valence-corrected chi connectivity index (χ0v) is 15.9. The first kappa shape index (κ1) is 17.1. The van der Waals surface area contributed by atoms with Gasteiger partial charge in [0.05, 0.1) is 5.52 Å². The SMILES string of the molecule is CCCCCc1nc2ccc(C3CCCCC3)cc2c2c1CCCC2. The molecule has 2 aromatic rings. The van der Waals surface area contributed by atoms with Crippen molar-refractivity contribution in [1.29, 1.82) is 0 Å². The van der Waals surface area contributed by atoms with Gasteiger partial charge in [-0.2, -0.15) is 0 Å². The normalized spacial score (nSPS) is 18.4. The standard InChI is InChI=1S/C24H33N/c1-2-3-5-14-23-21-13-9-8-12-20(21)22-17-19(15-16-24(22)25-23)18-10-6-4-7-11-18/h15-18H,2-14H2,1H3. The van der Waals surface area contributed by atoms with E-state index in [4.69, 9.17) is 4.98 Å². The molecule has 1 aromatic heterocycles. The predicted molar refractivity (Wildman–Crippen MR) is 107 cm³/mol. The zero-order chi connectivity index (χ0) is 17.1. The highest BCUT2D eigenvalue weighted by Gasteiger charge is 2.20. The van der Waals surface area contributed by atoms with Gasteiger partial charge in [0.15, 0.2) is 0 Å². The fourth-order valence-electron chi connectivity index (χ4n) is 5.07. The number of hydrogen-bond donors (Lipinski definition) is 0. The Balaban J connectivity index is 1.73. The lowest BCUT2D eigenvalue weighted by Crippen LogP contribution is -2.11. The van der Waals surface area contributed by atoms with Gasteiger partial charge in [-0.3, -0.25) is 4.98 Å². The van der Waals surface area contributed by atoms with Crippen molar-refractivity contribution in [1.82, 2.24) is 4.98 Å². The first-order valence-electron chi connectivity index (χ1n) is 10.8. The Hall–Kier alpha value is -1.37. The molecule has 1 heterocycles. The fraction of sp³-hybridized carbons (Fsp3) is 0.625. The van der Waals surface area contributed by atoms with Crippen LogP contribution in [-0.2, 0) is 19.3 Å². The molecule has 0 radical (unpaired) electrons. The maximum Gasteiger partial charge on any atom is 0.0708 e. The maximum atomic E-state index is 5.15. The molecule has 4 rings (SSSR count). The molecule has 2 aliphatic carbocycles. The van der Waals surface area contributed by atoms with E-state index in [-0.39, 0.29) is 0 Å². The average Bonchev–Trinajstić information content (AvgIpc) is 2.68. The number of benzene rings is 1. The van der Waals surface area contributed by atoms with Crippen molar-refractivity contribution in [3.05, 3.63) is 40.6 Å². The summed E-state index contributed by atoms with van der Waals surface area (Å²) in [5, 5.41) is 1.48. The molecular weight excluding hydrogens is 302 g/mol. The highest BCUT2D eigenvalue weighted by atomic mass is 14.7. The lowest BCUT2D eigenvalue weighted by Gasteiger charge is -2.24. The summed E-state index contributed by atoms with van der Waals surface area (Å²) in [7, 11) is 0. The first-order valence-corrected chi connectivity index (χ1v) is 10.8. The Labute approximate surface area is 153 Å². The lowest BCUT2D eigenvalue weighted by atomic mass is 9.82. The quantitative estimate of drug-likeness (QED) is 0.542. The topological polar surface area (TPSA) is 12.9 Å². The Kier molecular flexibility index (Phi) is 5.39. The van der Waals surface area contributed by atoms with Crippen molar-refractivity contribution in [2.45, 2.75) is 96.3 Å².